The van der Waals surface area contributed by atoms with Crippen molar-refractivity contribution in [3.63, 3.8) is 0 Å². The Kier molecular flexibility index (Phi) is 4.47. The van der Waals surface area contributed by atoms with Gasteiger partial charge in [0.15, 0.2) is 10.8 Å². The number of hydrogen-bond donors (Lipinski definition) is 1. The monoisotopic (exact) mass is 336 g/mol. The van der Waals surface area contributed by atoms with Crippen LogP contribution in [0, 0.1) is 0 Å². The van der Waals surface area contributed by atoms with Gasteiger partial charge in [-0.3, -0.25) is 4.79 Å². The van der Waals surface area contributed by atoms with Crippen molar-refractivity contribution in [3.05, 3.63) is 45.8 Å². The van der Waals surface area contributed by atoms with Crippen molar-refractivity contribution in [1.29, 1.82) is 0 Å². The summed E-state index contributed by atoms with van der Waals surface area (Å²) in [5.41, 5.74) is 1.05. The summed E-state index contributed by atoms with van der Waals surface area (Å²) in [6.45, 7) is 0.583. The molecule has 0 fully saturated rings. The van der Waals surface area contributed by atoms with Crippen molar-refractivity contribution in [1.82, 2.24) is 19.7 Å². The lowest BCUT2D eigenvalue weighted by Gasteiger charge is -2.04. The Morgan fingerprint density at radius 3 is 3.09 bits per heavy atom. The molecular weight excluding hydrogens is 324 g/mol. The standard InChI is InChI=1S/C14H13ClN4O2S/c1-21-5-6-22-14-17-12-11(13(20)18-14)8-16-19(12)10-4-2-3-9(15)7-10/h2-4,7-8H,5-6H2,1H3,(H,17,18,20). The van der Waals surface area contributed by atoms with E-state index < -0.39 is 0 Å². The number of halogens is 1. The van der Waals surface area contributed by atoms with Crippen molar-refractivity contribution in [2.45, 2.75) is 5.16 Å². The zero-order valence-electron chi connectivity index (χ0n) is 11.7. The topological polar surface area (TPSA) is 72.8 Å². The van der Waals surface area contributed by atoms with Crippen LogP contribution in [0.15, 0.2) is 40.4 Å². The van der Waals surface area contributed by atoms with E-state index in [1.807, 2.05) is 12.1 Å². The van der Waals surface area contributed by atoms with Crippen molar-refractivity contribution in [2.24, 2.45) is 0 Å². The van der Waals surface area contributed by atoms with Gasteiger partial charge in [-0.2, -0.15) is 5.10 Å². The second-order valence-electron chi connectivity index (χ2n) is 4.49. The Bertz CT molecular complexity index is 861. The highest BCUT2D eigenvalue weighted by molar-refractivity contribution is 7.99. The fraction of sp³-hybridized carbons (Fsp3) is 0.214. The minimum Gasteiger partial charge on any atom is -0.384 e. The third kappa shape index (κ3) is 3.01. The number of aromatic amines is 1. The summed E-state index contributed by atoms with van der Waals surface area (Å²) in [5, 5.41) is 5.83. The minimum atomic E-state index is -0.210. The third-order valence-corrected chi connectivity index (χ3v) is 4.07. The van der Waals surface area contributed by atoms with Gasteiger partial charge < -0.3 is 9.72 Å². The number of thioether (sulfide) groups is 1. The van der Waals surface area contributed by atoms with Gasteiger partial charge in [-0.15, -0.1) is 0 Å². The quantitative estimate of drug-likeness (QED) is 0.440. The van der Waals surface area contributed by atoms with Gasteiger partial charge >= 0.3 is 0 Å². The van der Waals surface area contributed by atoms with Gasteiger partial charge in [0, 0.05) is 17.9 Å². The maximum atomic E-state index is 12.1. The summed E-state index contributed by atoms with van der Waals surface area (Å²) in [5.74, 6) is 0.705. The SMILES string of the molecule is COCCSc1nc2c(cnn2-c2cccc(Cl)c2)c(=O)[nH]1. The number of nitrogens with one attached hydrogen (secondary N) is 1. The van der Waals surface area contributed by atoms with E-state index in [1.165, 1.54) is 18.0 Å². The molecule has 0 atom stereocenters. The van der Waals surface area contributed by atoms with Crippen LogP contribution < -0.4 is 5.56 Å². The fourth-order valence-electron chi connectivity index (χ4n) is 1.99. The van der Waals surface area contributed by atoms with E-state index in [4.69, 9.17) is 16.3 Å². The highest BCUT2D eigenvalue weighted by Gasteiger charge is 2.12. The van der Waals surface area contributed by atoms with E-state index >= 15 is 0 Å². The van der Waals surface area contributed by atoms with Gasteiger partial charge in [0.05, 0.1) is 18.5 Å². The first kappa shape index (κ1) is 15.1. The number of benzene rings is 1. The highest BCUT2D eigenvalue weighted by Crippen LogP contribution is 2.19. The third-order valence-electron chi connectivity index (χ3n) is 3.00. The first-order chi connectivity index (χ1) is 10.7. The molecular formula is C14H13ClN4O2S. The number of ether oxygens (including phenoxy) is 1. The maximum Gasteiger partial charge on any atom is 0.262 e. The van der Waals surface area contributed by atoms with Crippen LogP contribution in [0.1, 0.15) is 0 Å². The van der Waals surface area contributed by atoms with E-state index in [2.05, 4.69) is 15.1 Å². The van der Waals surface area contributed by atoms with Crippen molar-refractivity contribution in [3.8, 4) is 5.69 Å². The second kappa shape index (κ2) is 6.51. The molecule has 0 amide bonds. The van der Waals surface area contributed by atoms with Gasteiger partial charge in [0.25, 0.3) is 5.56 Å². The number of rotatable bonds is 5. The lowest BCUT2D eigenvalue weighted by molar-refractivity contribution is 0.218. The Hall–Kier alpha value is -1.83. The van der Waals surface area contributed by atoms with E-state index in [0.717, 1.165) is 5.69 Å². The summed E-state index contributed by atoms with van der Waals surface area (Å²) in [6.07, 6.45) is 1.51. The van der Waals surface area contributed by atoms with Gasteiger partial charge in [0.1, 0.15) is 5.39 Å². The number of aromatic nitrogens is 4. The molecule has 3 aromatic rings. The molecule has 0 aliphatic rings. The number of hydrogen-bond acceptors (Lipinski definition) is 5. The molecule has 6 nitrogen and oxygen atoms in total. The van der Waals surface area contributed by atoms with E-state index in [1.54, 1.807) is 23.9 Å². The molecule has 0 saturated carbocycles. The molecule has 0 radical (unpaired) electrons. The van der Waals surface area contributed by atoms with Crippen molar-refractivity contribution < 1.29 is 4.74 Å². The summed E-state index contributed by atoms with van der Waals surface area (Å²) in [6, 6.07) is 7.24. The highest BCUT2D eigenvalue weighted by atomic mass is 35.5. The van der Waals surface area contributed by atoms with E-state index in [0.29, 0.717) is 33.6 Å². The van der Waals surface area contributed by atoms with Crippen LogP contribution in [-0.4, -0.2) is 39.2 Å². The minimum absolute atomic E-state index is 0.210. The van der Waals surface area contributed by atoms with Crippen LogP contribution in [-0.2, 0) is 4.74 Å². The molecule has 2 aromatic heterocycles. The summed E-state index contributed by atoms with van der Waals surface area (Å²) >= 11 is 7.44. The molecule has 3 rings (SSSR count). The van der Waals surface area contributed by atoms with Gasteiger partial charge in [0.2, 0.25) is 0 Å². The lowest BCUT2D eigenvalue weighted by Crippen LogP contribution is -2.10. The number of H-pyrrole nitrogens is 1. The molecule has 114 valence electrons. The maximum absolute atomic E-state index is 12.1. The second-order valence-corrected chi connectivity index (χ2v) is 6.01. The molecule has 0 unspecified atom stereocenters. The summed E-state index contributed by atoms with van der Waals surface area (Å²) < 4.78 is 6.61. The first-order valence-electron chi connectivity index (χ1n) is 6.55. The molecule has 0 aliphatic heterocycles. The first-order valence-corrected chi connectivity index (χ1v) is 7.91. The van der Waals surface area contributed by atoms with Crippen LogP contribution >= 0.6 is 23.4 Å². The molecule has 0 spiro atoms. The Morgan fingerprint density at radius 1 is 1.45 bits per heavy atom. The number of fused-ring (bicyclic) bond motifs is 1. The smallest absolute Gasteiger partial charge is 0.262 e. The lowest BCUT2D eigenvalue weighted by atomic mass is 10.3. The summed E-state index contributed by atoms with van der Waals surface area (Å²) in [4.78, 5) is 19.4. The van der Waals surface area contributed by atoms with Crippen LogP contribution in [0.25, 0.3) is 16.7 Å². The fourth-order valence-corrected chi connectivity index (χ4v) is 2.93. The molecule has 0 bridgehead atoms. The predicted octanol–water partition coefficient (Wildman–Crippen LogP) is 2.50. The van der Waals surface area contributed by atoms with Crippen LogP contribution in [0.2, 0.25) is 5.02 Å². The van der Waals surface area contributed by atoms with Crippen molar-refractivity contribution in [2.75, 3.05) is 19.5 Å². The van der Waals surface area contributed by atoms with Gasteiger partial charge in [-0.25, -0.2) is 9.67 Å². The molecule has 22 heavy (non-hydrogen) atoms. The van der Waals surface area contributed by atoms with Crippen LogP contribution in [0.5, 0.6) is 0 Å². The Labute approximate surface area is 135 Å². The predicted molar refractivity (Wildman–Crippen MR) is 87.1 cm³/mol. The van der Waals surface area contributed by atoms with Crippen molar-refractivity contribution >= 4 is 34.4 Å². The molecule has 0 saturated heterocycles. The van der Waals surface area contributed by atoms with Gasteiger partial charge in [-0.1, -0.05) is 29.4 Å². The van der Waals surface area contributed by atoms with E-state index in [-0.39, 0.29) is 5.56 Å². The molecule has 0 aliphatic carbocycles. The largest absolute Gasteiger partial charge is 0.384 e. The molecule has 1 aromatic carbocycles. The zero-order valence-corrected chi connectivity index (χ0v) is 13.3. The average molecular weight is 337 g/mol. The zero-order chi connectivity index (χ0) is 15.5. The van der Waals surface area contributed by atoms with E-state index in [9.17, 15) is 4.79 Å². The normalized spacial score (nSPS) is 11.2. The average Bonchev–Trinajstić information content (AvgIpc) is 2.92. The molecule has 1 N–H and O–H groups in total. The van der Waals surface area contributed by atoms with Crippen LogP contribution in [0.4, 0.5) is 0 Å². The Balaban J connectivity index is 2.06. The number of methoxy groups -OCH3 is 1. The van der Waals surface area contributed by atoms with Crippen LogP contribution in [0.3, 0.4) is 0 Å². The number of nitrogens with zero attached hydrogens (tertiary/aromatic N) is 3. The Morgan fingerprint density at radius 2 is 2.32 bits per heavy atom. The van der Waals surface area contributed by atoms with Gasteiger partial charge in [-0.05, 0) is 18.2 Å². The molecule has 2 heterocycles. The summed E-state index contributed by atoms with van der Waals surface area (Å²) in [7, 11) is 1.63. The molecule has 8 heteroatoms.